The summed E-state index contributed by atoms with van der Waals surface area (Å²) < 4.78 is 15.5. The van der Waals surface area contributed by atoms with Crippen molar-refractivity contribution in [2.45, 2.75) is 13.2 Å². The van der Waals surface area contributed by atoms with Crippen LogP contribution in [0, 0.1) is 0 Å². The highest BCUT2D eigenvalue weighted by Crippen LogP contribution is 2.30. The molecule has 128 valence electrons. The van der Waals surface area contributed by atoms with Crippen molar-refractivity contribution in [3.05, 3.63) is 70.9 Å². The molecule has 3 rings (SSSR count). The third-order valence-corrected chi connectivity index (χ3v) is 3.68. The number of hydrogen-bond donors (Lipinski definition) is 1. The molecule has 1 aromatic heterocycles. The maximum absolute atomic E-state index is 10.6. The largest absolute Gasteiger partial charge is 0.487 e. The Kier molecular flexibility index (Phi) is 5.20. The third-order valence-electron chi connectivity index (χ3n) is 3.38. The molecule has 7 heteroatoms. The summed E-state index contributed by atoms with van der Waals surface area (Å²) in [7, 11) is 0. The summed E-state index contributed by atoms with van der Waals surface area (Å²) in [6.45, 7) is 0.354. The summed E-state index contributed by atoms with van der Waals surface area (Å²) >= 11 is 6.29. The molecular formula is C18H15ClN2O4. The molecule has 2 N–H and O–H groups in total. The smallest absolute Gasteiger partial charge is 0.404 e. The number of amides is 1. The standard InChI is InChI=1S/C18H15ClN2O4/c19-15-8-13(16-9-14(25-21-16)11-24-18(20)22)6-7-17(15)23-10-12-4-2-1-3-5-12/h1-9H,10-11H2,(H2,20,22). The molecule has 6 nitrogen and oxygen atoms in total. The van der Waals surface area contributed by atoms with E-state index in [1.54, 1.807) is 18.2 Å². The number of nitrogens with two attached hydrogens (primary N) is 1. The molecule has 0 saturated heterocycles. The van der Waals surface area contributed by atoms with Crippen LogP contribution < -0.4 is 10.5 Å². The molecule has 3 aromatic rings. The highest BCUT2D eigenvalue weighted by atomic mass is 35.5. The van der Waals surface area contributed by atoms with Gasteiger partial charge in [0.15, 0.2) is 12.4 Å². The van der Waals surface area contributed by atoms with E-state index in [0.717, 1.165) is 11.1 Å². The molecule has 0 fully saturated rings. The van der Waals surface area contributed by atoms with Gasteiger partial charge in [-0.1, -0.05) is 47.1 Å². The number of ether oxygens (including phenoxy) is 2. The van der Waals surface area contributed by atoms with Crippen LogP contribution in [-0.4, -0.2) is 11.2 Å². The van der Waals surface area contributed by atoms with Crippen LogP contribution >= 0.6 is 11.6 Å². The minimum atomic E-state index is -0.874. The summed E-state index contributed by atoms with van der Waals surface area (Å²) in [5.74, 6) is 0.962. The van der Waals surface area contributed by atoms with Gasteiger partial charge >= 0.3 is 6.09 Å². The van der Waals surface area contributed by atoms with Gasteiger partial charge in [0.1, 0.15) is 18.1 Å². The van der Waals surface area contributed by atoms with Crippen molar-refractivity contribution in [1.29, 1.82) is 0 Å². The molecule has 0 aliphatic carbocycles. The number of carbonyl (C=O) groups is 1. The van der Waals surface area contributed by atoms with E-state index in [4.69, 9.17) is 26.6 Å². The Bertz CT molecular complexity index is 865. The van der Waals surface area contributed by atoms with Crippen molar-refractivity contribution in [3.8, 4) is 17.0 Å². The number of halogens is 1. The first-order valence-corrected chi connectivity index (χ1v) is 7.84. The number of aromatic nitrogens is 1. The normalized spacial score (nSPS) is 10.4. The Hall–Kier alpha value is -2.99. The molecule has 0 aliphatic heterocycles. The Balaban J connectivity index is 1.68. The number of hydrogen-bond acceptors (Lipinski definition) is 5. The van der Waals surface area contributed by atoms with Crippen molar-refractivity contribution < 1.29 is 18.8 Å². The van der Waals surface area contributed by atoms with E-state index in [1.807, 2.05) is 36.4 Å². The molecular weight excluding hydrogens is 344 g/mol. The number of rotatable bonds is 6. The van der Waals surface area contributed by atoms with Gasteiger partial charge in [-0.25, -0.2) is 4.79 Å². The molecule has 1 amide bonds. The number of primary amides is 1. The average Bonchev–Trinajstić information content (AvgIpc) is 3.09. The van der Waals surface area contributed by atoms with Crippen LogP contribution in [0.5, 0.6) is 5.75 Å². The number of nitrogens with zero attached hydrogens (tertiary/aromatic N) is 1. The van der Waals surface area contributed by atoms with Crippen molar-refractivity contribution in [1.82, 2.24) is 5.16 Å². The number of carbonyl (C=O) groups excluding carboxylic acids is 1. The van der Waals surface area contributed by atoms with E-state index in [9.17, 15) is 4.79 Å². The first-order chi connectivity index (χ1) is 12.1. The summed E-state index contributed by atoms with van der Waals surface area (Å²) in [6.07, 6.45) is -0.874. The summed E-state index contributed by atoms with van der Waals surface area (Å²) in [5.41, 5.74) is 7.29. The first kappa shape index (κ1) is 16.9. The topological polar surface area (TPSA) is 87.6 Å². The fraction of sp³-hybridized carbons (Fsp3) is 0.111. The molecule has 0 unspecified atom stereocenters. The lowest BCUT2D eigenvalue weighted by Crippen LogP contribution is -2.12. The predicted octanol–water partition coefficient (Wildman–Crippen LogP) is 4.17. The van der Waals surface area contributed by atoms with Gasteiger partial charge in [0, 0.05) is 11.6 Å². The lowest BCUT2D eigenvalue weighted by atomic mass is 10.1. The zero-order valence-electron chi connectivity index (χ0n) is 13.1. The van der Waals surface area contributed by atoms with Gasteiger partial charge in [-0.15, -0.1) is 0 Å². The summed E-state index contributed by atoms with van der Waals surface area (Å²) in [4.78, 5) is 10.6. The van der Waals surface area contributed by atoms with Crippen molar-refractivity contribution in [2.24, 2.45) is 5.73 Å². The van der Waals surface area contributed by atoms with Gasteiger partial charge < -0.3 is 19.7 Å². The molecule has 0 saturated carbocycles. The molecule has 25 heavy (non-hydrogen) atoms. The third kappa shape index (κ3) is 4.51. The Morgan fingerprint density at radius 1 is 1.12 bits per heavy atom. The minimum Gasteiger partial charge on any atom is -0.487 e. The van der Waals surface area contributed by atoms with E-state index >= 15 is 0 Å². The monoisotopic (exact) mass is 358 g/mol. The fourth-order valence-corrected chi connectivity index (χ4v) is 2.41. The maximum Gasteiger partial charge on any atom is 0.404 e. The van der Waals surface area contributed by atoms with Crippen molar-refractivity contribution in [3.63, 3.8) is 0 Å². The SMILES string of the molecule is NC(=O)OCc1cc(-c2ccc(OCc3ccccc3)c(Cl)c2)no1. The second kappa shape index (κ2) is 7.72. The molecule has 0 bridgehead atoms. The second-order valence-electron chi connectivity index (χ2n) is 5.21. The van der Waals surface area contributed by atoms with E-state index in [2.05, 4.69) is 9.89 Å². The fourth-order valence-electron chi connectivity index (χ4n) is 2.17. The van der Waals surface area contributed by atoms with E-state index in [1.165, 1.54) is 0 Å². The van der Waals surface area contributed by atoms with Crippen LogP contribution in [-0.2, 0) is 18.0 Å². The number of benzene rings is 2. The quantitative estimate of drug-likeness (QED) is 0.714. The molecule has 2 aromatic carbocycles. The van der Waals surface area contributed by atoms with Gasteiger partial charge in [0.2, 0.25) is 0 Å². The molecule has 1 heterocycles. The molecule has 0 atom stereocenters. The maximum atomic E-state index is 10.6. The van der Waals surface area contributed by atoms with Crippen LogP contribution in [0.2, 0.25) is 5.02 Å². The Morgan fingerprint density at radius 2 is 1.92 bits per heavy atom. The van der Waals surface area contributed by atoms with Crippen LogP contribution in [0.25, 0.3) is 11.3 Å². The summed E-state index contributed by atoms with van der Waals surface area (Å²) in [6, 6.07) is 16.8. The molecule has 0 aliphatic rings. The highest BCUT2D eigenvalue weighted by molar-refractivity contribution is 6.32. The van der Waals surface area contributed by atoms with Crippen LogP contribution in [0.3, 0.4) is 0 Å². The van der Waals surface area contributed by atoms with Crippen LogP contribution in [0.4, 0.5) is 4.79 Å². The van der Waals surface area contributed by atoms with Crippen molar-refractivity contribution in [2.75, 3.05) is 0 Å². The second-order valence-corrected chi connectivity index (χ2v) is 5.61. The zero-order valence-corrected chi connectivity index (χ0v) is 13.9. The molecule has 0 radical (unpaired) electrons. The van der Waals surface area contributed by atoms with Gasteiger partial charge in [-0.05, 0) is 23.8 Å². The highest BCUT2D eigenvalue weighted by Gasteiger charge is 2.11. The van der Waals surface area contributed by atoms with Gasteiger partial charge in [0.05, 0.1) is 5.02 Å². The Labute approximate surface area is 149 Å². The lowest BCUT2D eigenvalue weighted by molar-refractivity contribution is 0.137. The zero-order chi connectivity index (χ0) is 17.6. The van der Waals surface area contributed by atoms with Crippen LogP contribution in [0.15, 0.2) is 59.1 Å². The summed E-state index contributed by atoms with van der Waals surface area (Å²) in [5, 5.41) is 4.39. The van der Waals surface area contributed by atoms with Gasteiger partial charge in [-0.3, -0.25) is 0 Å². The van der Waals surface area contributed by atoms with E-state index in [-0.39, 0.29) is 6.61 Å². The molecule has 0 spiro atoms. The Morgan fingerprint density at radius 3 is 2.64 bits per heavy atom. The minimum absolute atomic E-state index is 0.0751. The first-order valence-electron chi connectivity index (χ1n) is 7.46. The van der Waals surface area contributed by atoms with Gasteiger partial charge in [0.25, 0.3) is 0 Å². The average molecular weight is 359 g/mol. The lowest BCUT2D eigenvalue weighted by Gasteiger charge is -2.09. The predicted molar refractivity (Wildman–Crippen MR) is 92.1 cm³/mol. The van der Waals surface area contributed by atoms with E-state index in [0.29, 0.717) is 28.8 Å². The van der Waals surface area contributed by atoms with Crippen LogP contribution in [0.1, 0.15) is 11.3 Å². The van der Waals surface area contributed by atoms with Gasteiger partial charge in [-0.2, -0.15) is 0 Å². The van der Waals surface area contributed by atoms with E-state index < -0.39 is 6.09 Å². The van der Waals surface area contributed by atoms with Crippen molar-refractivity contribution >= 4 is 17.7 Å².